The van der Waals surface area contributed by atoms with E-state index >= 15 is 0 Å². The van der Waals surface area contributed by atoms with Crippen LogP contribution in [-0.4, -0.2) is 20.9 Å². The third-order valence-electron chi connectivity index (χ3n) is 2.67. The highest BCUT2D eigenvalue weighted by Crippen LogP contribution is 2.13. The number of aromatic carboxylic acids is 1. The van der Waals surface area contributed by atoms with Crippen LogP contribution in [0.5, 0.6) is 0 Å². The van der Waals surface area contributed by atoms with Gasteiger partial charge in [0.05, 0.1) is 5.69 Å². The van der Waals surface area contributed by atoms with Gasteiger partial charge in [0.1, 0.15) is 0 Å². The van der Waals surface area contributed by atoms with Crippen molar-refractivity contribution in [3.8, 4) is 5.69 Å². The molecule has 0 spiro atoms. The van der Waals surface area contributed by atoms with Crippen LogP contribution in [0.25, 0.3) is 5.69 Å². The van der Waals surface area contributed by atoms with E-state index in [0.29, 0.717) is 17.7 Å². The number of hydrogen-bond donors (Lipinski definition) is 1. The molecule has 0 saturated heterocycles. The fraction of sp³-hybridized carbons (Fsp3) is 0.154. The molecular weight excluding hydrogens is 312 g/mol. The zero-order valence-electron chi connectivity index (χ0n) is 10.1. The molecule has 0 atom stereocenters. The van der Waals surface area contributed by atoms with E-state index in [1.54, 1.807) is 25.3 Å². The summed E-state index contributed by atoms with van der Waals surface area (Å²) in [7, 11) is 0. The number of hydrogen-bond acceptors (Lipinski definition) is 3. The summed E-state index contributed by atoms with van der Waals surface area (Å²) in [4.78, 5) is 22.9. The number of nitrogens with zero attached hydrogens (tertiary/aromatic N) is 2. The van der Waals surface area contributed by atoms with Crippen LogP contribution >= 0.6 is 15.9 Å². The number of carboxylic acids is 1. The number of carbonyl (C=O) groups is 1. The van der Waals surface area contributed by atoms with E-state index in [1.165, 1.54) is 4.68 Å². The first-order valence-electron chi connectivity index (χ1n) is 5.65. The first-order chi connectivity index (χ1) is 9.02. The Kier molecular flexibility index (Phi) is 3.80. The van der Waals surface area contributed by atoms with Gasteiger partial charge in [-0.15, -0.1) is 0 Å². The molecule has 0 unspecified atom stereocenters. The highest BCUT2D eigenvalue weighted by atomic mass is 79.9. The van der Waals surface area contributed by atoms with Crippen molar-refractivity contribution in [2.75, 3.05) is 0 Å². The molecule has 1 heterocycles. The molecule has 2 rings (SSSR count). The molecule has 2 aromatic rings. The lowest BCUT2D eigenvalue weighted by atomic mass is 10.2. The highest BCUT2D eigenvalue weighted by Gasteiger charge is 2.15. The SMILES string of the molecule is CCc1cn(-c2ccc(Br)cc2)nc(C(=O)O)c1=O. The topological polar surface area (TPSA) is 72.2 Å². The number of carboxylic acid groups (broad SMARTS) is 1. The number of aromatic nitrogens is 2. The van der Waals surface area contributed by atoms with Gasteiger partial charge in [-0.05, 0) is 30.7 Å². The first kappa shape index (κ1) is 13.5. The normalized spacial score (nSPS) is 10.4. The molecule has 1 N–H and O–H groups in total. The Labute approximate surface area is 117 Å². The van der Waals surface area contributed by atoms with E-state index in [-0.39, 0.29) is 0 Å². The monoisotopic (exact) mass is 322 g/mol. The molecule has 0 fully saturated rings. The maximum Gasteiger partial charge on any atom is 0.360 e. The lowest BCUT2D eigenvalue weighted by Gasteiger charge is -2.08. The molecule has 0 bridgehead atoms. The van der Waals surface area contributed by atoms with Crippen LogP contribution in [-0.2, 0) is 6.42 Å². The Morgan fingerprint density at radius 2 is 2.00 bits per heavy atom. The van der Waals surface area contributed by atoms with Gasteiger partial charge in [0.2, 0.25) is 11.1 Å². The molecule has 0 aliphatic carbocycles. The minimum atomic E-state index is -1.31. The fourth-order valence-corrected chi connectivity index (χ4v) is 1.92. The summed E-state index contributed by atoms with van der Waals surface area (Å²) in [6.07, 6.45) is 2.02. The highest BCUT2D eigenvalue weighted by molar-refractivity contribution is 9.10. The number of aryl methyl sites for hydroxylation is 1. The van der Waals surface area contributed by atoms with Crippen LogP contribution in [0.2, 0.25) is 0 Å². The zero-order valence-corrected chi connectivity index (χ0v) is 11.7. The van der Waals surface area contributed by atoms with Gasteiger partial charge in [-0.25, -0.2) is 9.48 Å². The van der Waals surface area contributed by atoms with Gasteiger partial charge in [0.15, 0.2) is 0 Å². The molecule has 5 nitrogen and oxygen atoms in total. The summed E-state index contributed by atoms with van der Waals surface area (Å²) in [5, 5.41) is 12.9. The smallest absolute Gasteiger partial charge is 0.360 e. The third-order valence-corrected chi connectivity index (χ3v) is 3.20. The predicted octanol–water partition coefficient (Wildman–Crippen LogP) is 2.26. The van der Waals surface area contributed by atoms with Gasteiger partial charge in [-0.1, -0.05) is 22.9 Å². The summed E-state index contributed by atoms with van der Waals surface area (Å²) >= 11 is 3.32. The molecule has 0 saturated carbocycles. The van der Waals surface area contributed by atoms with Crippen molar-refractivity contribution in [2.45, 2.75) is 13.3 Å². The quantitative estimate of drug-likeness (QED) is 0.940. The second-order valence-electron chi connectivity index (χ2n) is 3.91. The lowest BCUT2D eigenvalue weighted by molar-refractivity contribution is 0.0686. The van der Waals surface area contributed by atoms with Crippen molar-refractivity contribution in [2.24, 2.45) is 0 Å². The Hall–Kier alpha value is -1.95. The van der Waals surface area contributed by atoms with Gasteiger partial charge < -0.3 is 5.11 Å². The maximum atomic E-state index is 11.8. The van der Waals surface area contributed by atoms with Crippen molar-refractivity contribution in [3.05, 3.63) is 56.4 Å². The summed E-state index contributed by atoms with van der Waals surface area (Å²) < 4.78 is 2.32. The average molecular weight is 323 g/mol. The molecule has 1 aromatic heterocycles. The molecule has 1 aromatic carbocycles. The van der Waals surface area contributed by atoms with E-state index in [0.717, 1.165) is 4.47 Å². The van der Waals surface area contributed by atoms with Gasteiger partial charge in [0, 0.05) is 16.2 Å². The minimum absolute atomic E-state index is 0.426. The Morgan fingerprint density at radius 1 is 1.37 bits per heavy atom. The van der Waals surface area contributed by atoms with Crippen LogP contribution in [0.15, 0.2) is 39.7 Å². The molecule has 6 heteroatoms. The molecular formula is C13H11BrN2O3. The van der Waals surface area contributed by atoms with Crippen molar-refractivity contribution < 1.29 is 9.90 Å². The van der Waals surface area contributed by atoms with Crippen LogP contribution in [0.1, 0.15) is 23.0 Å². The molecule has 0 aliphatic heterocycles. The summed E-state index contributed by atoms with van der Waals surface area (Å²) in [5.41, 5.74) is 0.140. The first-order valence-corrected chi connectivity index (χ1v) is 6.44. The number of halogens is 1. The fourth-order valence-electron chi connectivity index (χ4n) is 1.66. The number of rotatable bonds is 3. The van der Waals surface area contributed by atoms with Crippen LogP contribution < -0.4 is 5.43 Å². The van der Waals surface area contributed by atoms with Gasteiger partial charge in [0.25, 0.3) is 0 Å². The van der Waals surface area contributed by atoms with E-state index in [1.807, 2.05) is 12.1 Å². The van der Waals surface area contributed by atoms with E-state index < -0.39 is 17.1 Å². The van der Waals surface area contributed by atoms with E-state index in [4.69, 9.17) is 5.11 Å². The van der Waals surface area contributed by atoms with Crippen molar-refractivity contribution in [3.63, 3.8) is 0 Å². The molecule has 0 aliphatic rings. The van der Waals surface area contributed by atoms with Gasteiger partial charge in [-0.3, -0.25) is 4.79 Å². The number of benzene rings is 1. The largest absolute Gasteiger partial charge is 0.476 e. The van der Waals surface area contributed by atoms with E-state index in [2.05, 4.69) is 21.0 Å². The maximum absolute atomic E-state index is 11.8. The van der Waals surface area contributed by atoms with Crippen molar-refractivity contribution in [1.29, 1.82) is 0 Å². The zero-order chi connectivity index (χ0) is 14.0. The molecule has 0 radical (unpaired) electrons. The van der Waals surface area contributed by atoms with Gasteiger partial charge >= 0.3 is 5.97 Å². The standard InChI is InChI=1S/C13H11BrN2O3/c1-2-8-7-16(10-5-3-9(14)4-6-10)15-11(12(8)17)13(18)19/h3-7H,2H2,1H3,(H,18,19). The second kappa shape index (κ2) is 5.36. The Bertz CT molecular complexity index is 677. The Morgan fingerprint density at radius 3 is 2.53 bits per heavy atom. The summed E-state index contributed by atoms with van der Waals surface area (Å²) in [6.45, 7) is 1.80. The van der Waals surface area contributed by atoms with Crippen LogP contribution in [0, 0.1) is 0 Å². The van der Waals surface area contributed by atoms with Crippen molar-refractivity contribution in [1.82, 2.24) is 9.78 Å². The second-order valence-corrected chi connectivity index (χ2v) is 4.83. The average Bonchev–Trinajstić information content (AvgIpc) is 2.39. The van der Waals surface area contributed by atoms with Crippen molar-refractivity contribution >= 4 is 21.9 Å². The molecule has 0 amide bonds. The Balaban J connectivity index is 2.64. The lowest BCUT2D eigenvalue weighted by Crippen LogP contribution is -2.24. The molecule has 19 heavy (non-hydrogen) atoms. The molecule has 98 valence electrons. The minimum Gasteiger partial charge on any atom is -0.476 e. The van der Waals surface area contributed by atoms with Gasteiger partial charge in [-0.2, -0.15) is 5.10 Å². The predicted molar refractivity (Wildman–Crippen MR) is 73.9 cm³/mol. The third kappa shape index (κ3) is 2.73. The van der Waals surface area contributed by atoms with E-state index in [9.17, 15) is 9.59 Å². The van der Waals surface area contributed by atoms with Crippen LogP contribution in [0.3, 0.4) is 0 Å². The van der Waals surface area contributed by atoms with Crippen LogP contribution in [0.4, 0.5) is 0 Å². The summed E-state index contributed by atoms with van der Waals surface area (Å²) in [6, 6.07) is 7.21. The summed E-state index contributed by atoms with van der Waals surface area (Å²) in [5.74, 6) is -1.31.